The molecule has 6 heteroatoms. The lowest BCUT2D eigenvalue weighted by Crippen LogP contribution is -2.49. The molecule has 0 atom stereocenters. The van der Waals surface area contributed by atoms with Crippen LogP contribution in [0.2, 0.25) is 0 Å². The molecule has 1 fully saturated rings. The quantitative estimate of drug-likeness (QED) is 0.835. The van der Waals surface area contributed by atoms with Crippen LogP contribution in [0.3, 0.4) is 0 Å². The van der Waals surface area contributed by atoms with Gasteiger partial charge in [0.1, 0.15) is 5.75 Å². The third-order valence-corrected chi connectivity index (χ3v) is 4.96. The molecule has 2 aromatic carbocycles. The number of amides is 2. The molecular formula is C22H27N3O3. The van der Waals surface area contributed by atoms with Crippen LogP contribution in [0.1, 0.15) is 22.3 Å². The molecule has 1 N–H and O–H groups in total. The Balaban J connectivity index is 1.44. The van der Waals surface area contributed by atoms with E-state index in [1.807, 2.05) is 54.3 Å². The van der Waals surface area contributed by atoms with E-state index in [9.17, 15) is 9.59 Å². The summed E-state index contributed by atoms with van der Waals surface area (Å²) in [5.41, 5.74) is 2.72. The molecule has 0 bridgehead atoms. The van der Waals surface area contributed by atoms with E-state index in [2.05, 4.69) is 10.2 Å². The second-order valence-corrected chi connectivity index (χ2v) is 6.92. The molecule has 3 rings (SSSR count). The molecule has 2 aromatic rings. The second kappa shape index (κ2) is 9.26. The van der Waals surface area contributed by atoms with Crippen molar-refractivity contribution in [1.82, 2.24) is 10.2 Å². The molecule has 0 aliphatic carbocycles. The van der Waals surface area contributed by atoms with E-state index in [0.29, 0.717) is 31.6 Å². The number of carbonyl (C=O) groups is 2. The monoisotopic (exact) mass is 381 g/mol. The molecule has 6 nitrogen and oxygen atoms in total. The van der Waals surface area contributed by atoms with Crippen molar-refractivity contribution in [3.05, 3.63) is 59.7 Å². The first kappa shape index (κ1) is 19.7. The Morgan fingerprint density at radius 3 is 2.50 bits per heavy atom. The summed E-state index contributed by atoms with van der Waals surface area (Å²) in [5, 5.41) is 2.83. The standard InChI is InChI=1S/C22H27N3O3/c1-17-6-5-7-18(16-17)22(27)23-11-10-21(26)25-14-12-24(13-15-25)19-8-3-4-9-20(19)28-2/h3-9,16H,10-15H2,1-2H3,(H,23,27). The number of nitrogens with one attached hydrogen (secondary N) is 1. The molecule has 0 unspecified atom stereocenters. The predicted molar refractivity (Wildman–Crippen MR) is 110 cm³/mol. The highest BCUT2D eigenvalue weighted by Gasteiger charge is 2.22. The van der Waals surface area contributed by atoms with E-state index < -0.39 is 0 Å². The number of piperazine rings is 1. The smallest absolute Gasteiger partial charge is 0.251 e. The molecule has 1 aliphatic rings. The highest BCUT2D eigenvalue weighted by atomic mass is 16.5. The largest absolute Gasteiger partial charge is 0.495 e. The lowest BCUT2D eigenvalue weighted by molar-refractivity contribution is -0.131. The third kappa shape index (κ3) is 4.82. The van der Waals surface area contributed by atoms with Gasteiger partial charge in [-0.2, -0.15) is 0 Å². The summed E-state index contributed by atoms with van der Waals surface area (Å²) in [6.45, 7) is 5.16. The number of methoxy groups -OCH3 is 1. The van der Waals surface area contributed by atoms with Crippen molar-refractivity contribution in [3.63, 3.8) is 0 Å². The van der Waals surface area contributed by atoms with Crippen LogP contribution in [0, 0.1) is 6.92 Å². The number of hydrogen-bond donors (Lipinski definition) is 1. The summed E-state index contributed by atoms with van der Waals surface area (Å²) in [4.78, 5) is 28.7. The van der Waals surface area contributed by atoms with Crippen LogP contribution in [-0.4, -0.2) is 56.5 Å². The SMILES string of the molecule is COc1ccccc1N1CCN(C(=O)CCNC(=O)c2cccc(C)c2)CC1. The maximum Gasteiger partial charge on any atom is 0.251 e. The van der Waals surface area contributed by atoms with E-state index in [-0.39, 0.29) is 11.8 Å². The minimum atomic E-state index is -0.141. The van der Waals surface area contributed by atoms with Gasteiger partial charge in [0.2, 0.25) is 5.91 Å². The van der Waals surface area contributed by atoms with Gasteiger partial charge >= 0.3 is 0 Å². The van der Waals surface area contributed by atoms with Gasteiger partial charge in [0.05, 0.1) is 12.8 Å². The normalized spacial score (nSPS) is 13.9. The fourth-order valence-corrected chi connectivity index (χ4v) is 3.42. The lowest BCUT2D eigenvalue weighted by Gasteiger charge is -2.36. The number of benzene rings is 2. The number of hydrogen-bond acceptors (Lipinski definition) is 4. The third-order valence-electron chi connectivity index (χ3n) is 4.96. The first-order chi connectivity index (χ1) is 13.6. The minimum absolute atomic E-state index is 0.0734. The minimum Gasteiger partial charge on any atom is -0.495 e. The topological polar surface area (TPSA) is 61.9 Å². The number of anilines is 1. The zero-order valence-electron chi connectivity index (χ0n) is 16.5. The number of nitrogens with zero attached hydrogens (tertiary/aromatic N) is 2. The molecule has 0 spiro atoms. The first-order valence-corrected chi connectivity index (χ1v) is 9.59. The molecule has 0 radical (unpaired) electrons. The van der Waals surface area contributed by atoms with Gasteiger partial charge in [0, 0.05) is 44.7 Å². The summed E-state index contributed by atoms with van der Waals surface area (Å²) in [7, 11) is 1.67. The summed E-state index contributed by atoms with van der Waals surface area (Å²) in [6.07, 6.45) is 0.312. The van der Waals surface area contributed by atoms with Gasteiger partial charge in [0.15, 0.2) is 0 Å². The van der Waals surface area contributed by atoms with Crippen LogP contribution in [0.4, 0.5) is 5.69 Å². The van der Waals surface area contributed by atoms with E-state index in [1.165, 1.54) is 0 Å². The molecule has 1 saturated heterocycles. The van der Waals surface area contributed by atoms with E-state index in [4.69, 9.17) is 4.74 Å². The molecule has 0 aromatic heterocycles. The van der Waals surface area contributed by atoms with Crippen LogP contribution >= 0.6 is 0 Å². The summed E-state index contributed by atoms with van der Waals surface area (Å²) in [6, 6.07) is 15.4. The number of ether oxygens (including phenoxy) is 1. The fourth-order valence-electron chi connectivity index (χ4n) is 3.42. The van der Waals surface area contributed by atoms with Gasteiger partial charge in [-0.3, -0.25) is 9.59 Å². The van der Waals surface area contributed by atoms with Crippen molar-refractivity contribution in [3.8, 4) is 5.75 Å². The van der Waals surface area contributed by atoms with Gasteiger partial charge in [-0.1, -0.05) is 29.8 Å². The van der Waals surface area contributed by atoms with Crippen LogP contribution in [0.25, 0.3) is 0 Å². The fraction of sp³-hybridized carbons (Fsp3) is 0.364. The Labute approximate surface area is 166 Å². The number of carbonyl (C=O) groups excluding carboxylic acids is 2. The van der Waals surface area contributed by atoms with E-state index in [0.717, 1.165) is 30.1 Å². The van der Waals surface area contributed by atoms with Gasteiger partial charge in [0.25, 0.3) is 5.91 Å². The van der Waals surface area contributed by atoms with Gasteiger partial charge in [-0.05, 0) is 31.2 Å². The van der Waals surface area contributed by atoms with Crippen LogP contribution in [0.5, 0.6) is 5.75 Å². The van der Waals surface area contributed by atoms with Crippen LogP contribution in [0.15, 0.2) is 48.5 Å². The van der Waals surface area contributed by atoms with E-state index in [1.54, 1.807) is 13.2 Å². The van der Waals surface area contributed by atoms with Crippen LogP contribution in [-0.2, 0) is 4.79 Å². The molecule has 1 aliphatic heterocycles. The van der Waals surface area contributed by atoms with Crippen molar-refractivity contribution in [2.24, 2.45) is 0 Å². The summed E-state index contributed by atoms with van der Waals surface area (Å²) in [5.74, 6) is 0.780. The van der Waals surface area contributed by atoms with Crippen LogP contribution < -0.4 is 15.0 Å². The Hall–Kier alpha value is -3.02. The van der Waals surface area contributed by atoms with Crippen molar-refractivity contribution in [2.75, 3.05) is 44.7 Å². The van der Waals surface area contributed by atoms with Gasteiger partial charge in [-0.15, -0.1) is 0 Å². The molecule has 28 heavy (non-hydrogen) atoms. The van der Waals surface area contributed by atoms with Crippen molar-refractivity contribution in [2.45, 2.75) is 13.3 Å². The van der Waals surface area contributed by atoms with Gasteiger partial charge in [-0.25, -0.2) is 0 Å². The Bertz CT molecular complexity index is 829. The Morgan fingerprint density at radius 2 is 1.79 bits per heavy atom. The average molecular weight is 381 g/mol. The Kier molecular flexibility index (Phi) is 6.53. The zero-order valence-corrected chi connectivity index (χ0v) is 16.5. The molecule has 0 saturated carbocycles. The number of para-hydroxylation sites is 2. The molecule has 1 heterocycles. The van der Waals surface area contributed by atoms with Crippen molar-refractivity contribution < 1.29 is 14.3 Å². The highest BCUT2D eigenvalue weighted by Crippen LogP contribution is 2.28. The van der Waals surface area contributed by atoms with E-state index >= 15 is 0 Å². The molecular weight excluding hydrogens is 354 g/mol. The Morgan fingerprint density at radius 1 is 1.04 bits per heavy atom. The maximum atomic E-state index is 12.5. The van der Waals surface area contributed by atoms with Gasteiger partial charge < -0.3 is 19.9 Å². The maximum absolute atomic E-state index is 12.5. The lowest BCUT2D eigenvalue weighted by atomic mass is 10.1. The van der Waals surface area contributed by atoms with Crippen molar-refractivity contribution in [1.29, 1.82) is 0 Å². The molecule has 2 amide bonds. The summed E-state index contributed by atoms with van der Waals surface area (Å²) < 4.78 is 5.43. The average Bonchev–Trinajstić information content (AvgIpc) is 2.73. The zero-order chi connectivity index (χ0) is 19.9. The predicted octanol–water partition coefficient (Wildman–Crippen LogP) is 2.47. The number of rotatable bonds is 6. The second-order valence-electron chi connectivity index (χ2n) is 6.92. The first-order valence-electron chi connectivity index (χ1n) is 9.59. The number of aryl methyl sites for hydroxylation is 1. The summed E-state index contributed by atoms with van der Waals surface area (Å²) >= 11 is 0. The molecule has 148 valence electrons. The van der Waals surface area contributed by atoms with Crippen molar-refractivity contribution >= 4 is 17.5 Å². The highest BCUT2D eigenvalue weighted by molar-refractivity contribution is 5.94.